The van der Waals surface area contributed by atoms with Gasteiger partial charge in [0.05, 0.1) is 21.8 Å². The normalized spacial score (nSPS) is 18.6. The van der Waals surface area contributed by atoms with E-state index in [1.807, 2.05) is 50.2 Å². The standard InChI is InChI=1S/C23H29Cl2N3O/c1-16(2)23(29)27-22(21-8-3-5-11-26-21)14-18-7-4-6-12-28(18)15-17-9-10-19(24)20(25)13-17/h3,5,8-11,13,16,18,22H,4,6-7,12,14-15H2,1-2H3,(H,27,29)/t18-,22-/m1/s1. The van der Waals surface area contributed by atoms with E-state index in [0.717, 1.165) is 37.2 Å². The van der Waals surface area contributed by atoms with Crippen molar-refractivity contribution < 1.29 is 4.79 Å². The van der Waals surface area contributed by atoms with Crippen molar-refractivity contribution in [1.29, 1.82) is 0 Å². The fraction of sp³-hybridized carbons (Fsp3) is 0.478. The van der Waals surface area contributed by atoms with E-state index in [4.69, 9.17) is 23.2 Å². The smallest absolute Gasteiger partial charge is 0.223 e. The number of hydrogen-bond donors (Lipinski definition) is 1. The minimum absolute atomic E-state index is 0.0557. The number of nitrogens with zero attached hydrogens (tertiary/aromatic N) is 2. The highest BCUT2D eigenvalue weighted by atomic mass is 35.5. The Bertz CT molecular complexity index is 813. The second kappa shape index (κ2) is 10.4. The van der Waals surface area contributed by atoms with Crippen LogP contribution in [-0.4, -0.2) is 28.4 Å². The quantitative estimate of drug-likeness (QED) is 0.613. The van der Waals surface area contributed by atoms with Gasteiger partial charge in [-0.2, -0.15) is 0 Å². The average molecular weight is 434 g/mol. The van der Waals surface area contributed by atoms with Gasteiger partial charge in [0.2, 0.25) is 5.91 Å². The number of pyridine rings is 1. The Hall–Kier alpha value is -1.62. The van der Waals surface area contributed by atoms with E-state index in [9.17, 15) is 4.79 Å². The number of piperidine rings is 1. The van der Waals surface area contributed by atoms with Crippen molar-refractivity contribution >= 4 is 29.1 Å². The third kappa shape index (κ3) is 6.18. The summed E-state index contributed by atoms with van der Waals surface area (Å²) in [5.41, 5.74) is 2.08. The van der Waals surface area contributed by atoms with Gasteiger partial charge in [0.25, 0.3) is 0 Å². The summed E-state index contributed by atoms with van der Waals surface area (Å²) >= 11 is 12.3. The Balaban J connectivity index is 1.76. The van der Waals surface area contributed by atoms with Crippen molar-refractivity contribution in [3.05, 3.63) is 63.9 Å². The first-order valence-electron chi connectivity index (χ1n) is 10.3. The van der Waals surface area contributed by atoms with Gasteiger partial charge >= 0.3 is 0 Å². The van der Waals surface area contributed by atoms with E-state index in [2.05, 4.69) is 15.2 Å². The molecule has 6 heteroatoms. The molecule has 1 aromatic carbocycles. The zero-order valence-corrected chi connectivity index (χ0v) is 18.6. The van der Waals surface area contributed by atoms with Gasteiger partial charge in [0.15, 0.2) is 0 Å². The van der Waals surface area contributed by atoms with Crippen molar-refractivity contribution in [3.63, 3.8) is 0 Å². The Labute approximate surface area is 183 Å². The summed E-state index contributed by atoms with van der Waals surface area (Å²) in [4.78, 5) is 19.5. The topological polar surface area (TPSA) is 45.2 Å². The van der Waals surface area contributed by atoms with Crippen LogP contribution in [0.25, 0.3) is 0 Å². The van der Waals surface area contributed by atoms with Crippen LogP contribution in [0.2, 0.25) is 10.0 Å². The van der Waals surface area contributed by atoms with Gasteiger partial charge < -0.3 is 5.32 Å². The minimum Gasteiger partial charge on any atom is -0.347 e. The molecule has 1 amide bonds. The molecule has 0 saturated carbocycles. The molecule has 0 bridgehead atoms. The monoisotopic (exact) mass is 433 g/mol. The predicted molar refractivity (Wildman–Crippen MR) is 119 cm³/mol. The number of likely N-dealkylation sites (tertiary alicyclic amines) is 1. The van der Waals surface area contributed by atoms with E-state index < -0.39 is 0 Å². The number of aromatic nitrogens is 1. The Morgan fingerprint density at radius 1 is 1.21 bits per heavy atom. The molecule has 1 aliphatic rings. The minimum atomic E-state index is -0.0921. The van der Waals surface area contributed by atoms with Crippen LogP contribution in [0.15, 0.2) is 42.6 Å². The van der Waals surface area contributed by atoms with Gasteiger partial charge in [-0.3, -0.25) is 14.7 Å². The summed E-state index contributed by atoms with van der Waals surface area (Å²) in [7, 11) is 0. The van der Waals surface area contributed by atoms with Crippen molar-refractivity contribution in [2.75, 3.05) is 6.54 Å². The predicted octanol–water partition coefficient (Wildman–Crippen LogP) is 5.65. The zero-order valence-electron chi connectivity index (χ0n) is 17.1. The summed E-state index contributed by atoms with van der Waals surface area (Å²) in [6.45, 7) is 5.70. The Morgan fingerprint density at radius 3 is 2.72 bits per heavy atom. The molecule has 3 rings (SSSR count). The second-order valence-corrected chi connectivity index (χ2v) is 8.89. The number of carbonyl (C=O) groups excluding carboxylic acids is 1. The second-order valence-electron chi connectivity index (χ2n) is 8.07. The van der Waals surface area contributed by atoms with Gasteiger partial charge in [0, 0.05) is 24.7 Å². The molecule has 0 aliphatic carbocycles. The molecule has 1 aromatic heterocycles. The summed E-state index contributed by atoms with van der Waals surface area (Å²) in [5, 5.41) is 4.39. The molecule has 2 heterocycles. The van der Waals surface area contributed by atoms with Gasteiger partial charge in [-0.05, 0) is 55.6 Å². The highest BCUT2D eigenvalue weighted by Gasteiger charge is 2.28. The molecular weight excluding hydrogens is 405 g/mol. The summed E-state index contributed by atoms with van der Waals surface area (Å²) < 4.78 is 0. The molecule has 2 aromatic rings. The Kier molecular flexibility index (Phi) is 7.93. The van der Waals surface area contributed by atoms with Crippen LogP contribution in [-0.2, 0) is 11.3 Å². The number of amides is 1. The first-order chi connectivity index (χ1) is 13.9. The van der Waals surface area contributed by atoms with Crippen LogP contribution < -0.4 is 5.32 Å². The van der Waals surface area contributed by atoms with E-state index in [1.54, 1.807) is 6.20 Å². The molecule has 1 aliphatic heterocycles. The number of nitrogens with one attached hydrogen (secondary N) is 1. The highest BCUT2D eigenvalue weighted by Crippen LogP contribution is 2.29. The van der Waals surface area contributed by atoms with Crippen LogP contribution in [0, 0.1) is 5.92 Å². The number of carbonyl (C=O) groups is 1. The van der Waals surface area contributed by atoms with E-state index in [1.165, 1.54) is 12.8 Å². The lowest BCUT2D eigenvalue weighted by molar-refractivity contribution is -0.125. The maximum Gasteiger partial charge on any atom is 0.223 e. The Morgan fingerprint density at radius 2 is 2.03 bits per heavy atom. The van der Waals surface area contributed by atoms with Crippen molar-refractivity contribution in [1.82, 2.24) is 15.2 Å². The van der Waals surface area contributed by atoms with Crippen LogP contribution >= 0.6 is 23.2 Å². The first kappa shape index (κ1) is 22.1. The molecule has 0 spiro atoms. The van der Waals surface area contributed by atoms with E-state index in [0.29, 0.717) is 16.1 Å². The lowest BCUT2D eigenvalue weighted by Crippen LogP contribution is -2.43. The van der Waals surface area contributed by atoms with Gasteiger partial charge in [0.1, 0.15) is 0 Å². The van der Waals surface area contributed by atoms with Crippen molar-refractivity contribution in [2.24, 2.45) is 5.92 Å². The van der Waals surface area contributed by atoms with Crippen LogP contribution in [0.5, 0.6) is 0 Å². The fourth-order valence-electron chi connectivity index (χ4n) is 3.85. The maximum absolute atomic E-state index is 12.4. The molecule has 2 atom stereocenters. The number of rotatable bonds is 7. The number of benzene rings is 1. The number of halogens is 2. The highest BCUT2D eigenvalue weighted by molar-refractivity contribution is 6.42. The van der Waals surface area contributed by atoms with Gasteiger partial charge in [-0.1, -0.05) is 55.6 Å². The van der Waals surface area contributed by atoms with Crippen LogP contribution in [0.3, 0.4) is 0 Å². The molecule has 156 valence electrons. The average Bonchev–Trinajstić information content (AvgIpc) is 2.72. The summed E-state index contributed by atoms with van der Waals surface area (Å²) in [6, 6.07) is 12.0. The lowest BCUT2D eigenvalue weighted by Gasteiger charge is -2.38. The third-order valence-electron chi connectivity index (χ3n) is 5.51. The molecule has 4 nitrogen and oxygen atoms in total. The summed E-state index contributed by atoms with van der Waals surface area (Å²) in [5.74, 6) is 0.00683. The zero-order chi connectivity index (χ0) is 20.8. The molecule has 1 N–H and O–H groups in total. The molecule has 0 unspecified atom stereocenters. The third-order valence-corrected chi connectivity index (χ3v) is 6.25. The maximum atomic E-state index is 12.4. The molecule has 1 fully saturated rings. The summed E-state index contributed by atoms with van der Waals surface area (Å²) in [6.07, 6.45) is 6.14. The first-order valence-corrected chi connectivity index (χ1v) is 11.1. The van der Waals surface area contributed by atoms with E-state index in [-0.39, 0.29) is 17.9 Å². The van der Waals surface area contributed by atoms with Crippen molar-refractivity contribution in [2.45, 2.75) is 58.2 Å². The molecule has 1 saturated heterocycles. The number of hydrogen-bond acceptors (Lipinski definition) is 3. The molecular formula is C23H29Cl2N3O. The molecule has 29 heavy (non-hydrogen) atoms. The molecule has 0 radical (unpaired) electrons. The SMILES string of the molecule is CC(C)C(=O)N[C@H](C[C@H]1CCCCN1Cc1ccc(Cl)c(Cl)c1)c1ccccn1. The van der Waals surface area contributed by atoms with Crippen LogP contribution in [0.4, 0.5) is 0 Å². The van der Waals surface area contributed by atoms with Gasteiger partial charge in [-0.15, -0.1) is 0 Å². The largest absolute Gasteiger partial charge is 0.347 e. The van der Waals surface area contributed by atoms with Crippen LogP contribution in [0.1, 0.15) is 56.8 Å². The lowest BCUT2D eigenvalue weighted by atomic mass is 9.93. The fourth-order valence-corrected chi connectivity index (χ4v) is 4.17. The van der Waals surface area contributed by atoms with Crippen molar-refractivity contribution in [3.8, 4) is 0 Å². The van der Waals surface area contributed by atoms with Gasteiger partial charge in [-0.25, -0.2) is 0 Å². The van der Waals surface area contributed by atoms with E-state index >= 15 is 0 Å².